The topological polar surface area (TPSA) is 38.9 Å². The molecule has 1 aromatic heterocycles. The van der Waals surface area contributed by atoms with Gasteiger partial charge in [0.05, 0.1) is 0 Å². The summed E-state index contributed by atoms with van der Waals surface area (Å²) >= 11 is 0. The summed E-state index contributed by atoms with van der Waals surface area (Å²) in [7, 11) is 0. The highest BCUT2D eigenvalue weighted by Gasteiger charge is 2.10. The molecule has 0 aliphatic rings. The largest absolute Gasteiger partial charge is 0.325 e. The van der Waals surface area contributed by atoms with Crippen LogP contribution in [0.2, 0.25) is 0 Å². The third-order valence-corrected chi connectivity index (χ3v) is 1.38. The maximum absolute atomic E-state index is 5.84. The zero-order chi connectivity index (χ0) is 8.32. The Bertz CT molecular complexity index is 219. The number of rotatable bonds is 2. The minimum atomic E-state index is -0.136. The molecule has 0 aliphatic heterocycles. The average molecular weight is 223 g/mol. The van der Waals surface area contributed by atoms with Gasteiger partial charge in [-0.3, -0.25) is 4.98 Å². The van der Waals surface area contributed by atoms with Gasteiger partial charge >= 0.3 is 0 Å². The van der Waals surface area contributed by atoms with E-state index in [-0.39, 0.29) is 30.4 Å². The lowest BCUT2D eigenvalue weighted by Crippen LogP contribution is -2.34. The highest BCUT2D eigenvalue weighted by molar-refractivity contribution is 5.85. The van der Waals surface area contributed by atoms with Crippen LogP contribution in [0.1, 0.15) is 19.4 Å². The van der Waals surface area contributed by atoms with Gasteiger partial charge in [-0.1, -0.05) is 6.07 Å². The molecular weight excluding hydrogens is 207 g/mol. The van der Waals surface area contributed by atoms with Crippen LogP contribution >= 0.6 is 24.8 Å². The number of pyridine rings is 1. The van der Waals surface area contributed by atoms with E-state index in [9.17, 15) is 0 Å². The van der Waals surface area contributed by atoms with Crippen LogP contribution in [0.25, 0.3) is 0 Å². The lowest BCUT2D eigenvalue weighted by atomic mass is 9.98. The molecule has 0 amide bonds. The summed E-state index contributed by atoms with van der Waals surface area (Å²) in [4.78, 5) is 4.01. The zero-order valence-corrected chi connectivity index (χ0v) is 9.49. The maximum atomic E-state index is 5.84. The second-order valence-corrected chi connectivity index (χ2v) is 3.53. The molecule has 1 aromatic rings. The average Bonchev–Trinajstić information content (AvgIpc) is 1.85. The van der Waals surface area contributed by atoms with E-state index in [2.05, 4.69) is 4.98 Å². The van der Waals surface area contributed by atoms with Crippen LogP contribution in [0.5, 0.6) is 0 Å². The minimum absolute atomic E-state index is 0. The summed E-state index contributed by atoms with van der Waals surface area (Å²) in [6.07, 6.45) is 4.50. The maximum Gasteiger partial charge on any atom is 0.0300 e. The Kier molecular flexibility index (Phi) is 7.23. The van der Waals surface area contributed by atoms with Crippen molar-refractivity contribution in [2.75, 3.05) is 0 Å². The highest BCUT2D eigenvalue weighted by atomic mass is 35.5. The van der Waals surface area contributed by atoms with E-state index in [1.165, 1.54) is 5.56 Å². The first kappa shape index (κ1) is 15.2. The van der Waals surface area contributed by atoms with Gasteiger partial charge in [0.2, 0.25) is 0 Å². The molecule has 2 N–H and O–H groups in total. The summed E-state index contributed by atoms with van der Waals surface area (Å²) in [6.45, 7) is 4.03. The predicted octanol–water partition coefficient (Wildman–Crippen LogP) is 2.21. The fraction of sp³-hybridized carbons (Fsp3) is 0.444. The quantitative estimate of drug-likeness (QED) is 0.834. The first-order chi connectivity index (χ1) is 5.08. The SMILES string of the molecule is CC(C)(N)Cc1cccnc1.Cl.Cl. The molecule has 1 heterocycles. The summed E-state index contributed by atoms with van der Waals surface area (Å²) in [6, 6.07) is 3.97. The molecule has 0 atom stereocenters. The van der Waals surface area contributed by atoms with Crippen molar-refractivity contribution in [1.82, 2.24) is 4.98 Å². The van der Waals surface area contributed by atoms with Gasteiger partial charge in [-0.05, 0) is 31.9 Å². The molecule has 0 bridgehead atoms. The van der Waals surface area contributed by atoms with E-state index >= 15 is 0 Å². The number of nitrogens with zero attached hydrogens (tertiary/aromatic N) is 1. The second kappa shape index (κ2) is 6.19. The molecule has 0 spiro atoms. The minimum Gasteiger partial charge on any atom is -0.325 e. The molecule has 0 fully saturated rings. The molecule has 13 heavy (non-hydrogen) atoms. The van der Waals surface area contributed by atoms with Crippen LogP contribution in [0.15, 0.2) is 24.5 Å². The lowest BCUT2D eigenvalue weighted by molar-refractivity contribution is 0.516. The van der Waals surface area contributed by atoms with Crippen LogP contribution in [0.3, 0.4) is 0 Å². The van der Waals surface area contributed by atoms with Crippen molar-refractivity contribution in [1.29, 1.82) is 0 Å². The molecule has 76 valence electrons. The van der Waals surface area contributed by atoms with Crippen molar-refractivity contribution in [2.24, 2.45) is 5.73 Å². The Balaban J connectivity index is 0. The molecule has 4 heteroatoms. The third-order valence-electron chi connectivity index (χ3n) is 1.38. The lowest BCUT2D eigenvalue weighted by Gasteiger charge is -2.17. The molecule has 0 aliphatic carbocycles. The van der Waals surface area contributed by atoms with Gasteiger partial charge in [-0.25, -0.2) is 0 Å². The van der Waals surface area contributed by atoms with E-state index < -0.39 is 0 Å². The van der Waals surface area contributed by atoms with Crippen LogP contribution in [0, 0.1) is 0 Å². The Morgan fingerprint density at radius 1 is 1.38 bits per heavy atom. The third kappa shape index (κ3) is 6.82. The molecule has 0 unspecified atom stereocenters. The summed E-state index contributed by atoms with van der Waals surface area (Å²) in [5.41, 5.74) is 6.90. The second-order valence-electron chi connectivity index (χ2n) is 3.53. The molecule has 2 nitrogen and oxygen atoms in total. The summed E-state index contributed by atoms with van der Waals surface area (Å²) < 4.78 is 0. The van der Waals surface area contributed by atoms with Gasteiger partial charge in [-0.15, -0.1) is 24.8 Å². The van der Waals surface area contributed by atoms with Crippen LogP contribution < -0.4 is 5.73 Å². The van der Waals surface area contributed by atoms with Crippen molar-refractivity contribution in [3.8, 4) is 0 Å². The van der Waals surface area contributed by atoms with Gasteiger partial charge in [0, 0.05) is 17.9 Å². The van der Waals surface area contributed by atoms with Gasteiger partial charge < -0.3 is 5.73 Å². The Labute approximate surface area is 91.8 Å². The fourth-order valence-electron chi connectivity index (χ4n) is 1.03. The monoisotopic (exact) mass is 222 g/mol. The Morgan fingerprint density at radius 3 is 2.38 bits per heavy atom. The highest BCUT2D eigenvalue weighted by Crippen LogP contribution is 2.07. The number of nitrogens with two attached hydrogens (primary N) is 1. The van der Waals surface area contributed by atoms with E-state index in [1.807, 2.05) is 32.2 Å². The van der Waals surface area contributed by atoms with Gasteiger partial charge in [0.15, 0.2) is 0 Å². The van der Waals surface area contributed by atoms with Crippen molar-refractivity contribution in [3.05, 3.63) is 30.1 Å². The van der Waals surface area contributed by atoms with Gasteiger partial charge in [0.25, 0.3) is 0 Å². The smallest absolute Gasteiger partial charge is 0.0300 e. The van der Waals surface area contributed by atoms with Crippen molar-refractivity contribution < 1.29 is 0 Å². The van der Waals surface area contributed by atoms with Crippen molar-refractivity contribution >= 4 is 24.8 Å². The van der Waals surface area contributed by atoms with Crippen LogP contribution in [-0.4, -0.2) is 10.5 Å². The van der Waals surface area contributed by atoms with E-state index in [4.69, 9.17) is 5.73 Å². The van der Waals surface area contributed by atoms with Gasteiger partial charge in [-0.2, -0.15) is 0 Å². The molecule has 0 radical (unpaired) electrons. The zero-order valence-electron chi connectivity index (χ0n) is 7.86. The number of aromatic nitrogens is 1. The number of halogens is 2. The summed E-state index contributed by atoms with van der Waals surface area (Å²) in [5.74, 6) is 0. The standard InChI is InChI=1S/C9H14N2.2ClH/c1-9(2,10)6-8-4-3-5-11-7-8;;/h3-5,7H,6,10H2,1-2H3;2*1H. The van der Waals surface area contributed by atoms with Crippen LogP contribution in [0.4, 0.5) is 0 Å². The summed E-state index contributed by atoms with van der Waals surface area (Å²) in [5, 5.41) is 0. The van der Waals surface area contributed by atoms with Crippen LogP contribution in [-0.2, 0) is 6.42 Å². The van der Waals surface area contributed by atoms with Crippen molar-refractivity contribution in [3.63, 3.8) is 0 Å². The van der Waals surface area contributed by atoms with Crippen molar-refractivity contribution in [2.45, 2.75) is 25.8 Å². The molecule has 0 saturated carbocycles. The van der Waals surface area contributed by atoms with E-state index in [0.717, 1.165) is 6.42 Å². The molecule has 1 rings (SSSR count). The Morgan fingerprint density at radius 2 is 2.00 bits per heavy atom. The van der Waals surface area contributed by atoms with Gasteiger partial charge in [0.1, 0.15) is 0 Å². The normalized spacial score (nSPS) is 9.77. The predicted molar refractivity (Wildman–Crippen MR) is 60.7 cm³/mol. The first-order valence-corrected chi connectivity index (χ1v) is 3.76. The molecule has 0 aromatic carbocycles. The first-order valence-electron chi connectivity index (χ1n) is 3.76. The molecule has 0 saturated heterocycles. The Hall–Kier alpha value is -0.310. The number of hydrogen-bond acceptors (Lipinski definition) is 2. The molecular formula is C9H16Cl2N2. The van der Waals surface area contributed by atoms with E-state index in [1.54, 1.807) is 6.20 Å². The van der Waals surface area contributed by atoms with E-state index in [0.29, 0.717) is 0 Å². The fourth-order valence-corrected chi connectivity index (χ4v) is 1.03. The number of hydrogen-bond donors (Lipinski definition) is 1.